The van der Waals surface area contributed by atoms with Crippen molar-refractivity contribution in [3.8, 4) is 0 Å². The van der Waals surface area contributed by atoms with Crippen LogP contribution in [-0.2, 0) is 6.42 Å². The molecule has 0 saturated heterocycles. The highest BCUT2D eigenvalue weighted by Gasteiger charge is 2.25. The van der Waals surface area contributed by atoms with Crippen LogP contribution in [0.3, 0.4) is 0 Å². The van der Waals surface area contributed by atoms with Gasteiger partial charge in [-0.15, -0.1) is 0 Å². The van der Waals surface area contributed by atoms with Crippen molar-refractivity contribution >= 4 is 5.69 Å². The number of rotatable bonds is 4. The molecule has 0 amide bonds. The zero-order valence-corrected chi connectivity index (χ0v) is 10.5. The minimum absolute atomic E-state index is 0.706. The Morgan fingerprint density at radius 1 is 1.19 bits per heavy atom. The summed E-state index contributed by atoms with van der Waals surface area (Å²) < 4.78 is 0. The fourth-order valence-corrected chi connectivity index (χ4v) is 2.88. The first kappa shape index (κ1) is 11.5. The van der Waals surface area contributed by atoms with Crippen molar-refractivity contribution < 1.29 is 0 Å². The molecular weight excluding hydrogens is 194 g/mol. The maximum atomic E-state index is 3.76. The molecule has 1 heteroatoms. The lowest BCUT2D eigenvalue weighted by atomic mass is 9.99. The minimum Gasteiger partial charge on any atom is -0.382 e. The van der Waals surface area contributed by atoms with E-state index in [4.69, 9.17) is 0 Å². The summed E-state index contributed by atoms with van der Waals surface area (Å²) in [5, 5.41) is 3.76. The maximum absolute atomic E-state index is 3.76. The van der Waals surface area contributed by atoms with E-state index in [1.54, 1.807) is 0 Å². The number of hydrogen-bond acceptors (Lipinski definition) is 1. The van der Waals surface area contributed by atoms with Crippen molar-refractivity contribution in [2.24, 2.45) is 5.92 Å². The van der Waals surface area contributed by atoms with E-state index >= 15 is 0 Å². The Kier molecular flexibility index (Phi) is 3.87. The number of benzene rings is 1. The largest absolute Gasteiger partial charge is 0.382 e. The molecule has 2 unspecified atom stereocenters. The lowest BCUT2D eigenvalue weighted by molar-refractivity contribution is 0.489. The maximum Gasteiger partial charge on any atom is 0.0374 e. The molecule has 1 aliphatic rings. The molecule has 1 aromatic carbocycles. The third-order valence-electron chi connectivity index (χ3n) is 3.92. The summed E-state index contributed by atoms with van der Waals surface area (Å²) in [5.41, 5.74) is 2.81. The lowest BCUT2D eigenvalue weighted by Crippen LogP contribution is -2.23. The Bertz CT molecular complexity index is 332. The Labute approximate surface area is 99.3 Å². The third-order valence-corrected chi connectivity index (χ3v) is 3.92. The average molecular weight is 217 g/mol. The topological polar surface area (TPSA) is 12.0 Å². The summed E-state index contributed by atoms with van der Waals surface area (Å²) in [6, 6.07) is 9.44. The first-order valence-corrected chi connectivity index (χ1v) is 6.69. The van der Waals surface area contributed by atoms with Crippen LogP contribution in [0.4, 0.5) is 5.69 Å². The zero-order valence-electron chi connectivity index (χ0n) is 10.5. The van der Waals surface area contributed by atoms with Crippen LogP contribution in [0, 0.1) is 5.92 Å². The van der Waals surface area contributed by atoms with Crippen LogP contribution in [0.2, 0.25) is 0 Å². The van der Waals surface area contributed by atoms with Crippen molar-refractivity contribution in [3.63, 3.8) is 0 Å². The van der Waals surface area contributed by atoms with Gasteiger partial charge in [-0.1, -0.05) is 44.9 Å². The number of hydrogen-bond donors (Lipinski definition) is 1. The summed E-state index contributed by atoms with van der Waals surface area (Å²) >= 11 is 0. The van der Waals surface area contributed by atoms with E-state index in [-0.39, 0.29) is 0 Å². The van der Waals surface area contributed by atoms with Gasteiger partial charge in [0.2, 0.25) is 0 Å². The van der Waals surface area contributed by atoms with Gasteiger partial charge >= 0.3 is 0 Å². The van der Waals surface area contributed by atoms with Gasteiger partial charge in [0.05, 0.1) is 0 Å². The molecule has 0 aromatic heterocycles. The smallest absolute Gasteiger partial charge is 0.0374 e. The number of anilines is 1. The van der Waals surface area contributed by atoms with Crippen molar-refractivity contribution in [2.45, 2.75) is 52.0 Å². The van der Waals surface area contributed by atoms with Crippen molar-refractivity contribution in [3.05, 3.63) is 29.8 Å². The van der Waals surface area contributed by atoms with Gasteiger partial charge in [0.1, 0.15) is 0 Å². The van der Waals surface area contributed by atoms with Gasteiger partial charge in [0, 0.05) is 11.7 Å². The molecule has 0 spiro atoms. The van der Waals surface area contributed by atoms with Gasteiger partial charge in [-0.25, -0.2) is 0 Å². The second-order valence-electron chi connectivity index (χ2n) is 4.86. The molecule has 1 saturated carbocycles. The average Bonchev–Trinajstić information content (AvgIpc) is 2.77. The highest BCUT2D eigenvalue weighted by atomic mass is 14.9. The highest BCUT2D eigenvalue weighted by molar-refractivity contribution is 5.52. The predicted molar refractivity (Wildman–Crippen MR) is 70.9 cm³/mol. The zero-order chi connectivity index (χ0) is 11.4. The SMILES string of the molecule is CCc1ccccc1NC1CCCC1CC. The van der Waals surface area contributed by atoms with Gasteiger partial charge in [0.15, 0.2) is 0 Å². The van der Waals surface area contributed by atoms with Crippen LogP contribution < -0.4 is 5.32 Å². The summed E-state index contributed by atoms with van der Waals surface area (Å²) in [4.78, 5) is 0. The van der Waals surface area contributed by atoms with Gasteiger partial charge in [0.25, 0.3) is 0 Å². The molecule has 0 bridgehead atoms. The molecule has 1 aliphatic carbocycles. The quantitative estimate of drug-likeness (QED) is 0.795. The fraction of sp³-hybridized carbons (Fsp3) is 0.600. The lowest BCUT2D eigenvalue weighted by Gasteiger charge is -2.22. The van der Waals surface area contributed by atoms with Crippen LogP contribution in [0.1, 0.15) is 45.1 Å². The number of nitrogens with one attached hydrogen (secondary N) is 1. The molecule has 88 valence electrons. The van der Waals surface area contributed by atoms with E-state index in [0.717, 1.165) is 12.3 Å². The summed E-state index contributed by atoms with van der Waals surface area (Å²) in [5.74, 6) is 0.880. The predicted octanol–water partition coefficient (Wildman–Crippen LogP) is 4.24. The summed E-state index contributed by atoms with van der Waals surface area (Å²) in [6.45, 7) is 4.54. The minimum atomic E-state index is 0.706. The molecular formula is C15H23N. The van der Waals surface area contributed by atoms with Gasteiger partial charge in [-0.3, -0.25) is 0 Å². The van der Waals surface area contributed by atoms with Crippen LogP contribution in [0.5, 0.6) is 0 Å². The second kappa shape index (κ2) is 5.38. The first-order chi connectivity index (χ1) is 7.85. The molecule has 2 atom stereocenters. The first-order valence-electron chi connectivity index (χ1n) is 6.69. The molecule has 1 nitrogen and oxygen atoms in total. The van der Waals surface area contributed by atoms with Crippen molar-refractivity contribution in [2.75, 3.05) is 5.32 Å². The Morgan fingerprint density at radius 2 is 2.00 bits per heavy atom. The van der Waals surface area contributed by atoms with E-state index in [0.29, 0.717) is 6.04 Å². The van der Waals surface area contributed by atoms with Gasteiger partial charge in [-0.2, -0.15) is 0 Å². The van der Waals surface area contributed by atoms with Gasteiger partial charge < -0.3 is 5.32 Å². The summed E-state index contributed by atoms with van der Waals surface area (Å²) in [7, 11) is 0. The Morgan fingerprint density at radius 3 is 2.75 bits per heavy atom. The van der Waals surface area contributed by atoms with Crippen LogP contribution in [0.15, 0.2) is 24.3 Å². The third kappa shape index (κ3) is 2.40. The monoisotopic (exact) mass is 217 g/mol. The molecule has 16 heavy (non-hydrogen) atoms. The molecule has 1 N–H and O–H groups in total. The van der Waals surface area contributed by atoms with E-state index in [9.17, 15) is 0 Å². The molecule has 0 heterocycles. The van der Waals surface area contributed by atoms with E-state index in [1.165, 1.54) is 36.9 Å². The Hall–Kier alpha value is -0.980. The van der Waals surface area contributed by atoms with Gasteiger partial charge in [-0.05, 0) is 36.8 Å². The fourth-order valence-electron chi connectivity index (χ4n) is 2.88. The van der Waals surface area contributed by atoms with Crippen molar-refractivity contribution in [1.82, 2.24) is 0 Å². The van der Waals surface area contributed by atoms with Crippen LogP contribution >= 0.6 is 0 Å². The van der Waals surface area contributed by atoms with E-state index in [2.05, 4.69) is 43.4 Å². The molecule has 2 rings (SSSR count). The molecule has 0 aliphatic heterocycles. The van der Waals surface area contributed by atoms with E-state index < -0.39 is 0 Å². The number of aryl methyl sites for hydroxylation is 1. The molecule has 1 aromatic rings. The van der Waals surface area contributed by atoms with E-state index in [1.807, 2.05) is 0 Å². The number of para-hydroxylation sites is 1. The standard InChI is InChI=1S/C15H23N/c1-3-12-8-5-6-10-14(12)16-15-11-7-9-13(15)4-2/h5-6,8,10,13,15-16H,3-4,7,9,11H2,1-2H3. The van der Waals surface area contributed by atoms with Crippen molar-refractivity contribution in [1.29, 1.82) is 0 Å². The second-order valence-corrected chi connectivity index (χ2v) is 4.86. The van der Waals surface area contributed by atoms with Crippen LogP contribution in [-0.4, -0.2) is 6.04 Å². The highest BCUT2D eigenvalue weighted by Crippen LogP contribution is 2.31. The Balaban J connectivity index is 2.08. The molecule has 0 radical (unpaired) electrons. The normalized spacial score (nSPS) is 24.6. The molecule has 1 fully saturated rings. The van der Waals surface area contributed by atoms with Crippen LogP contribution in [0.25, 0.3) is 0 Å². The summed E-state index contributed by atoms with van der Waals surface area (Å²) in [6.07, 6.45) is 6.57.